The molecule has 1 amide bonds. The van der Waals surface area contributed by atoms with E-state index in [-0.39, 0.29) is 11.7 Å². The largest absolute Gasteiger partial charge is 0.280 e. The van der Waals surface area contributed by atoms with E-state index in [4.69, 9.17) is 9.11 Å². The zero-order chi connectivity index (χ0) is 6.91. The second-order valence-electron chi connectivity index (χ2n) is 1.92. The molecule has 1 aliphatic heterocycles. The number of rotatable bonds is 0. The highest BCUT2D eigenvalue weighted by Crippen LogP contribution is 2.39. The monoisotopic (exact) mass is 150 g/mol. The molecule has 0 atom stereocenters. The first-order chi connectivity index (χ1) is 4.10. The third-order valence-electron chi connectivity index (χ3n) is 1.06. The summed E-state index contributed by atoms with van der Waals surface area (Å²) in [6, 6.07) is 0. The summed E-state index contributed by atoms with van der Waals surface area (Å²) in [6.45, 7) is 0. The van der Waals surface area contributed by atoms with Crippen molar-refractivity contribution in [2.45, 2.75) is 12.8 Å². The fraction of sp³-hybridized carbons (Fsp3) is 0.750. The zero-order valence-corrected chi connectivity index (χ0v) is 5.60. The third kappa shape index (κ3) is 1.85. The maximum Gasteiger partial charge on any atom is 0.262 e. The number of hydrogen-bond acceptors (Lipinski definition) is 3. The predicted octanol–water partition coefficient (Wildman–Crippen LogP) is 0.577. The molecule has 5 heteroatoms. The van der Waals surface area contributed by atoms with Crippen LogP contribution in [0.2, 0.25) is 0 Å². The van der Waals surface area contributed by atoms with Crippen molar-refractivity contribution in [3.05, 3.63) is 0 Å². The van der Waals surface area contributed by atoms with Crippen LogP contribution in [-0.2, 0) is 4.79 Å². The minimum Gasteiger partial charge on any atom is -0.280 e. The van der Waals surface area contributed by atoms with Crippen LogP contribution in [0.5, 0.6) is 0 Å². The molecule has 1 fully saturated rings. The molecule has 0 aromatic rings. The van der Waals surface area contributed by atoms with Crippen LogP contribution in [0.1, 0.15) is 12.8 Å². The van der Waals surface area contributed by atoms with Crippen molar-refractivity contribution in [3.63, 3.8) is 0 Å². The smallest absolute Gasteiger partial charge is 0.262 e. The Labute approximate surface area is 54.7 Å². The summed E-state index contributed by atoms with van der Waals surface area (Å²) in [4.78, 5) is 10.4. The molecule has 1 heterocycles. The fourth-order valence-electron chi connectivity index (χ4n) is 0.671. The van der Waals surface area contributed by atoms with Crippen LogP contribution in [0.3, 0.4) is 0 Å². The Hall–Kier alpha value is -0.260. The average Bonchev–Trinajstić information content (AvgIpc) is 1.60. The molecule has 4 nitrogen and oxygen atoms in total. The van der Waals surface area contributed by atoms with Crippen LogP contribution in [-0.4, -0.2) is 20.8 Å². The molecule has 1 saturated heterocycles. The highest BCUT2D eigenvalue weighted by molar-refractivity contribution is 8.23. The maximum absolute atomic E-state index is 10.4. The Morgan fingerprint density at radius 3 is 2.56 bits per heavy atom. The van der Waals surface area contributed by atoms with Crippen LogP contribution in [0.4, 0.5) is 0 Å². The molecule has 53 valence electrons. The lowest BCUT2D eigenvalue weighted by Crippen LogP contribution is -2.27. The SMILES string of the molecule is O=C1CCCS(O)(O)[N]1. The van der Waals surface area contributed by atoms with Gasteiger partial charge in [-0.1, -0.05) is 10.8 Å². The second-order valence-corrected chi connectivity index (χ2v) is 3.78. The van der Waals surface area contributed by atoms with Crippen LogP contribution >= 0.6 is 10.8 Å². The van der Waals surface area contributed by atoms with Crippen LogP contribution < -0.4 is 4.72 Å². The third-order valence-corrected chi connectivity index (χ3v) is 2.39. The second kappa shape index (κ2) is 2.17. The normalized spacial score (nSPS) is 28.9. The van der Waals surface area contributed by atoms with Crippen molar-refractivity contribution < 1.29 is 13.9 Å². The van der Waals surface area contributed by atoms with Crippen molar-refractivity contribution in [2.75, 3.05) is 5.75 Å². The van der Waals surface area contributed by atoms with Crippen LogP contribution in [0, 0.1) is 0 Å². The predicted molar refractivity (Wildman–Crippen MR) is 34.1 cm³/mol. The van der Waals surface area contributed by atoms with Gasteiger partial charge in [0.2, 0.25) is 0 Å². The number of carbonyl (C=O) groups excluding carboxylic acids is 1. The summed E-state index contributed by atoms with van der Waals surface area (Å²) in [6.07, 6.45) is 0.903. The molecule has 0 bridgehead atoms. The Balaban J connectivity index is 2.51. The van der Waals surface area contributed by atoms with Crippen molar-refractivity contribution in [1.29, 1.82) is 0 Å². The van der Waals surface area contributed by atoms with Gasteiger partial charge >= 0.3 is 0 Å². The molecular formula is C4H8NO3S. The Morgan fingerprint density at radius 1 is 1.56 bits per heavy atom. The molecule has 1 aliphatic rings. The summed E-state index contributed by atoms with van der Waals surface area (Å²) in [5, 5.41) is 0. The molecular weight excluding hydrogens is 142 g/mol. The van der Waals surface area contributed by atoms with Gasteiger partial charge in [-0.15, -0.1) is 4.72 Å². The quantitative estimate of drug-likeness (QED) is 0.530. The lowest BCUT2D eigenvalue weighted by molar-refractivity contribution is -0.120. The van der Waals surface area contributed by atoms with E-state index >= 15 is 0 Å². The van der Waals surface area contributed by atoms with Crippen molar-refractivity contribution in [3.8, 4) is 0 Å². The minimum absolute atomic E-state index is 0.249. The van der Waals surface area contributed by atoms with E-state index in [0.717, 1.165) is 0 Å². The Bertz CT molecular complexity index is 136. The summed E-state index contributed by atoms with van der Waals surface area (Å²) in [5.74, 6) is -0.139. The van der Waals surface area contributed by atoms with E-state index in [1.165, 1.54) is 0 Å². The Kier molecular flexibility index (Phi) is 1.65. The first kappa shape index (κ1) is 6.85. The van der Waals surface area contributed by atoms with E-state index in [1.54, 1.807) is 0 Å². The van der Waals surface area contributed by atoms with E-state index in [2.05, 4.69) is 4.72 Å². The average molecular weight is 150 g/mol. The number of amides is 1. The van der Waals surface area contributed by atoms with Crippen molar-refractivity contribution in [1.82, 2.24) is 4.72 Å². The van der Waals surface area contributed by atoms with Gasteiger partial charge in [-0.3, -0.25) is 13.9 Å². The molecule has 2 N–H and O–H groups in total. The zero-order valence-electron chi connectivity index (χ0n) is 4.78. The number of hydrogen-bond donors (Lipinski definition) is 2. The van der Waals surface area contributed by atoms with Gasteiger partial charge in [0.15, 0.2) is 0 Å². The fourth-order valence-corrected chi connectivity index (χ4v) is 1.71. The van der Waals surface area contributed by atoms with Gasteiger partial charge < -0.3 is 0 Å². The van der Waals surface area contributed by atoms with E-state index in [9.17, 15) is 4.79 Å². The van der Waals surface area contributed by atoms with Gasteiger partial charge in [0.1, 0.15) is 0 Å². The standard InChI is InChI=1S/C4H8NO3S/c6-4-2-1-3-9(7,8)5-4/h7-8H,1-3H2. The topological polar surface area (TPSA) is 71.6 Å². The lowest BCUT2D eigenvalue weighted by Gasteiger charge is -2.32. The van der Waals surface area contributed by atoms with E-state index in [0.29, 0.717) is 12.8 Å². The van der Waals surface area contributed by atoms with Crippen molar-refractivity contribution >= 4 is 16.7 Å². The number of nitrogens with zero attached hydrogens (tertiary/aromatic N) is 1. The first-order valence-corrected chi connectivity index (χ1v) is 4.29. The summed E-state index contributed by atoms with van der Waals surface area (Å²) < 4.78 is 20.8. The lowest BCUT2D eigenvalue weighted by atomic mass is 10.3. The molecule has 0 spiro atoms. The molecule has 0 aromatic carbocycles. The van der Waals surface area contributed by atoms with E-state index < -0.39 is 10.8 Å². The van der Waals surface area contributed by atoms with Crippen LogP contribution in [0.15, 0.2) is 0 Å². The highest BCUT2D eigenvalue weighted by atomic mass is 32.3. The van der Waals surface area contributed by atoms with Gasteiger partial charge in [0.05, 0.1) is 5.75 Å². The molecule has 0 aliphatic carbocycles. The number of carbonyl (C=O) groups is 1. The van der Waals surface area contributed by atoms with Gasteiger partial charge in [0.25, 0.3) is 5.91 Å². The molecule has 1 rings (SSSR count). The molecule has 0 saturated carbocycles. The minimum atomic E-state index is -2.86. The van der Waals surface area contributed by atoms with Gasteiger partial charge in [0, 0.05) is 6.42 Å². The molecule has 9 heavy (non-hydrogen) atoms. The summed E-state index contributed by atoms with van der Waals surface area (Å²) >= 11 is 0. The molecule has 1 radical (unpaired) electrons. The molecule has 0 aromatic heterocycles. The van der Waals surface area contributed by atoms with E-state index in [1.807, 2.05) is 0 Å². The summed E-state index contributed by atoms with van der Waals surface area (Å²) in [5.41, 5.74) is 0. The first-order valence-electron chi connectivity index (χ1n) is 2.62. The van der Waals surface area contributed by atoms with Gasteiger partial charge in [-0.2, -0.15) is 0 Å². The summed E-state index contributed by atoms with van der Waals surface area (Å²) in [7, 11) is -2.86. The van der Waals surface area contributed by atoms with Gasteiger partial charge in [-0.25, -0.2) is 0 Å². The van der Waals surface area contributed by atoms with Crippen molar-refractivity contribution in [2.24, 2.45) is 0 Å². The van der Waals surface area contributed by atoms with Gasteiger partial charge in [-0.05, 0) is 6.42 Å². The Morgan fingerprint density at radius 2 is 2.22 bits per heavy atom. The van der Waals surface area contributed by atoms with Crippen LogP contribution in [0.25, 0.3) is 0 Å². The molecule has 0 unspecified atom stereocenters. The highest BCUT2D eigenvalue weighted by Gasteiger charge is 2.23. The maximum atomic E-state index is 10.4.